The van der Waals surface area contributed by atoms with Crippen molar-refractivity contribution in [1.82, 2.24) is 14.5 Å². The lowest BCUT2D eigenvalue weighted by Gasteiger charge is -2.11. The van der Waals surface area contributed by atoms with E-state index >= 15 is 0 Å². The lowest BCUT2D eigenvalue weighted by atomic mass is 10.2. The lowest BCUT2D eigenvalue weighted by molar-refractivity contribution is -0.121. The number of amides is 1. The normalized spacial score (nSPS) is 10.8. The zero-order valence-corrected chi connectivity index (χ0v) is 12.2. The molecule has 1 rings (SSSR count). The Hall–Kier alpha value is -2.05. The number of carbonyl (C=O) groups is 1. The van der Waals surface area contributed by atoms with Gasteiger partial charge >= 0.3 is 5.69 Å². The Kier molecular flexibility index (Phi) is 5.54. The minimum atomic E-state index is -0.623. The third kappa shape index (κ3) is 3.97. The second kappa shape index (κ2) is 6.93. The molecule has 0 bridgehead atoms. The van der Waals surface area contributed by atoms with Crippen LogP contribution in [-0.4, -0.2) is 21.6 Å². The van der Waals surface area contributed by atoms with Crippen molar-refractivity contribution in [2.24, 2.45) is 5.92 Å². The van der Waals surface area contributed by atoms with Crippen molar-refractivity contribution in [3.8, 4) is 0 Å². The summed E-state index contributed by atoms with van der Waals surface area (Å²) in [6.07, 6.45) is 2.06. The van der Waals surface area contributed by atoms with Crippen LogP contribution in [0.2, 0.25) is 0 Å². The molecule has 3 N–H and O–H groups in total. The van der Waals surface area contributed by atoms with Crippen molar-refractivity contribution in [3.05, 3.63) is 27.0 Å². The van der Waals surface area contributed by atoms with E-state index in [1.807, 2.05) is 20.8 Å². The van der Waals surface area contributed by atoms with E-state index < -0.39 is 11.2 Å². The van der Waals surface area contributed by atoms with E-state index in [2.05, 4.69) is 5.32 Å². The molecule has 0 radical (unpaired) electrons. The van der Waals surface area contributed by atoms with E-state index in [0.29, 0.717) is 19.0 Å². The Morgan fingerprint density at radius 3 is 2.60 bits per heavy atom. The van der Waals surface area contributed by atoms with Crippen LogP contribution in [0.4, 0.5) is 5.69 Å². The van der Waals surface area contributed by atoms with Gasteiger partial charge in [0.25, 0.3) is 5.56 Å². The fourth-order valence-electron chi connectivity index (χ4n) is 1.73. The van der Waals surface area contributed by atoms with Gasteiger partial charge in [0, 0.05) is 19.3 Å². The third-order valence-corrected chi connectivity index (χ3v) is 2.74. The molecule has 0 unspecified atom stereocenters. The highest BCUT2D eigenvalue weighted by atomic mass is 16.2. The molecule has 0 spiro atoms. The first-order valence-corrected chi connectivity index (χ1v) is 6.73. The fraction of sp³-hybridized carbons (Fsp3) is 0.615. The van der Waals surface area contributed by atoms with Gasteiger partial charge in [-0.05, 0) is 12.3 Å². The Morgan fingerprint density at radius 2 is 2.05 bits per heavy atom. The van der Waals surface area contributed by atoms with Crippen molar-refractivity contribution < 1.29 is 4.79 Å². The quantitative estimate of drug-likeness (QED) is 0.753. The molecule has 20 heavy (non-hydrogen) atoms. The summed E-state index contributed by atoms with van der Waals surface area (Å²) in [4.78, 5) is 35.7. The molecule has 0 aliphatic carbocycles. The van der Waals surface area contributed by atoms with Crippen LogP contribution < -0.4 is 22.3 Å². The van der Waals surface area contributed by atoms with Crippen LogP contribution in [0.3, 0.4) is 0 Å². The summed E-state index contributed by atoms with van der Waals surface area (Å²) < 4.78 is 2.23. The van der Waals surface area contributed by atoms with Crippen LogP contribution in [0.1, 0.15) is 27.2 Å². The molecule has 7 heteroatoms. The largest absolute Gasteiger partial charge is 0.393 e. The summed E-state index contributed by atoms with van der Waals surface area (Å²) in [6, 6.07) is 0. The maximum Gasteiger partial charge on any atom is 0.331 e. The number of carbonyl (C=O) groups excluding carboxylic acids is 1. The second-order valence-corrected chi connectivity index (χ2v) is 5.15. The minimum absolute atomic E-state index is 0.0327. The van der Waals surface area contributed by atoms with E-state index in [-0.39, 0.29) is 18.1 Å². The maximum absolute atomic E-state index is 12.1. The molecular weight excluding hydrogens is 260 g/mol. The van der Waals surface area contributed by atoms with E-state index in [9.17, 15) is 14.4 Å². The number of nitrogen functional groups attached to an aromatic ring is 1. The van der Waals surface area contributed by atoms with E-state index in [1.165, 1.54) is 10.8 Å². The smallest absolute Gasteiger partial charge is 0.331 e. The first kappa shape index (κ1) is 16.0. The molecule has 0 fully saturated rings. The van der Waals surface area contributed by atoms with Gasteiger partial charge in [-0.3, -0.25) is 14.2 Å². The second-order valence-electron chi connectivity index (χ2n) is 5.15. The highest BCUT2D eigenvalue weighted by Gasteiger charge is 2.12. The van der Waals surface area contributed by atoms with E-state index in [0.717, 1.165) is 11.0 Å². The van der Waals surface area contributed by atoms with Gasteiger partial charge in [-0.2, -0.15) is 0 Å². The van der Waals surface area contributed by atoms with Crippen LogP contribution >= 0.6 is 0 Å². The highest BCUT2D eigenvalue weighted by molar-refractivity contribution is 5.75. The molecule has 1 aromatic rings. The number of nitrogens with two attached hydrogens (primary N) is 1. The number of aryl methyl sites for hydroxylation is 1. The zero-order valence-electron chi connectivity index (χ0n) is 12.2. The number of rotatable bonds is 6. The Morgan fingerprint density at radius 1 is 1.40 bits per heavy atom. The Labute approximate surface area is 117 Å². The summed E-state index contributed by atoms with van der Waals surface area (Å²) in [7, 11) is 0. The van der Waals surface area contributed by atoms with E-state index in [1.54, 1.807) is 0 Å². The molecule has 0 atom stereocenters. The number of hydrogen-bond acceptors (Lipinski definition) is 4. The minimum Gasteiger partial charge on any atom is -0.393 e. The summed E-state index contributed by atoms with van der Waals surface area (Å²) >= 11 is 0. The average Bonchev–Trinajstić information content (AvgIpc) is 2.38. The van der Waals surface area contributed by atoms with Gasteiger partial charge in [0.2, 0.25) is 5.91 Å². The van der Waals surface area contributed by atoms with Gasteiger partial charge in [0.1, 0.15) is 12.2 Å². The molecule has 0 aliphatic rings. The van der Waals surface area contributed by atoms with Crippen LogP contribution in [0, 0.1) is 5.92 Å². The van der Waals surface area contributed by atoms with Gasteiger partial charge in [-0.15, -0.1) is 0 Å². The third-order valence-electron chi connectivity index (χ3n) is 2.74. The Balaban J connectivity index is 3.02. The number of nitrogens with zero attached hydrogens (tertiary/aromatic N) is 2. The summed E-state index contributed by atoms with van der Waals surface area (Å²) in [6.45, 7) is 6.48. The van der Waals surface area contributed by atoms with Crippen molar-refractivity contribution in [1.29, 1.82) is 0 Å². The predicted octanol–water partition coefficient (Wildman–Crippen LogP) is -0.226. The summed E-state index contributed by atoms with van der Waals surface area (Å²) in [5, 5.41) is 2.67. The standard InChI is InChI=1S/C13H22N4O3/c1-4-5-16-7-10(14)12(19)17(13(16)20)8-11(18)15-6-9(2)3/h7,9H,4-6,8,14H2,1-3H3,(H,15,18). The van der Waals surface area contributed by atoms with Crippen LogP contribution in [0.25, 0.3) is 0 Å². The lowest BCUT2D eigenvalue weighted by Crippen LogP contribution is -2.44. The molecule has 0 saturated heterocycles. The monoisotopic (exact) mass is 282 g/mol. The Bertz CT molecular complexity index is 586. The van der Waals surface area contributed by atoms with Gasteiger partial charge in [-0.1, -0.05) is 20.8 Å². The molecular formula is C13H22N4O3. The average molecular weight is 282 g/mol. The summed E-state index contributed by atoms with van der Waals surface area (Å²) in [5.41, 5.74) is 4.43. The fourth-order valence-corrected chi connectivity index (χ4v) is 1.73. The predicted molar refractivity (Wildman–Crippen MR) is 77.5 cm³/mol. The van der Waals surface area contributed by atoms with Gasteiger partial charge in [-0.25, -0.2) is 9.36 Å². The highest BCUT2D eigenvalue weighted by Crippen LogP contribution is 1.92. The first-order valence-electron chi connectivity index (χ1n) is 6.73. The topological polar surface area (TPSA) is 99.1 Å². The number of aromatic nitrogens is 2. The van der Waals surface area contributed by atoms with Gasteiger partial charge in [0.05, 0.1) is 0 Å². The van der Waals surface area contributed by atoms with Crippen molar-refractivity contribution in [3.63, 3.8) is 0 Å². The number of hydrogen-bond donors (Lipinski definition) is 2. The molecule has 1 heterocycles. The van der Waals surface area contributed by atoms with Crippen LogP contribution in [-0.2, 0) is 17.9 Å². The zero-order chi connectivity index (χ0) is 15.3. The van der Waals surface area contributed by atoms with Crippen LogP contribution in [0.5, 0.6) is 0 Å². The van der Waals surface area contributed by atoms with Gasteiger partial charge in [0.15, 0.2) is 0 Å². The SMILES string of the molecule is CCCn1cc(N)c(=O)n(CC(=O)NCC(C)C)c1=O. The molecule has 0 aromatic carbocycles. The summed E-state index contributed by atoms with van der Waals surface area (Å²) in [5.74, 6) is -0.0696. The number of anilines is 1. The first-order chi connectivity index (χ1) is 9.36. The van der Waals surface area contributed by atoms with Crippen molar-refractivity contribution in [2.75, 3.05) is 12.3 Å². The van der Waals surface area contributed by atoms with E-state index in [4.69, 9.17) is 5.73 Å². The molecule has 112 valence electrons. The molecule has 7 nitrogen and oxygen atoms in total. The molecule has 1 aromatic heterocycles. The van der Waals surface area contributed by atoms with Crippen molar-refractivity contribution in [2.45, 2.75) is 40.3 Å². The molecule has 1 amide bonds. The molecule has 0 aliphatic heterocycles. The molecule has 0 saturated carbocycles. The van der Waals surface area contributed by atoms with Gasteiger partial charge < -0.3 is 11.1 Å². The van der Waals surface area contributed by atoms with Crippen LogP contribution in [0.15, 0.2) is 15.8 Å². The van der Waals surface area contributed by atoms with Crippen molar-refractivity contribution >= 4 is 11.6 Å². The number of nitrogens with one attached hydrogen (secondary N) is 1. The maximum atomic E-state index is 12.1.